The molecular weight excluding hydrogens is 290 g/mol. The highest BCUT2D eigenvalue weighted by Crippen LogP contribution is 2.31. The van der Waals surface area contributed by atoms with Crippen LogP contribution in [0.1, 0.15) is 30.1 Å². The zero-order chi connectivity index (χ0) is 15.8. The summed E-state index contributed by atoms with van der Waals surface area (Å²) >= 11 is 0. The van der Waals surface area contributed by atoms with E-state index in [0.29, 0.717) is 6.54 Å². The van der Waals surface area contributed by atoms with E-state index in [2.05, 4.69) is 20.1 Å². The van der Waals surface area contributed by atoms with E-state index in [1.165, 1.54) is 0 Å². The van der Waals surface area contributed by atoms with Crippen LogP contribution in [0.4, 0.5) is 4.79 Å². The second-order valence-corrected chi connectivity index (χ2v) is 6.41. The van der Waals surface area contributed by atoms with Crippen molar-refractivity contribution < 1.29 is 4.79 Å². The van der Waals surface area contributed by atoms with Gasteiger partial charge in [-0.15, -0.1) is 10.2 Å². The molecule has 2 aromatic rings. The van der Waals surface area contributed by atoms with E-state index in [4.69, 9.17) is 0 Å². The predicted molar refractivity (Wildman–Crippen MR) is 85.8 cm³/mol. The summed E-state index contributed by atoms with van der Waals surface area (Å²) in [5.41, 5.74) is 1.12. The van der Waals surface area contributed by atoms with Gasteiger partial charge in [0.2, 0.25) is 0 Å². The molecule has 2 atom stereocenters. The number of aryl methyl sites for hydroxylation is 1. The van der Waals surface area contributed by atoms with E-state index in [0.717, 1.165) is 43.0 Å². The maximum absolute atomic E-state index is 12.7. The van der Waals surface area contributed by atoms with E-state index < -0.39 is 0 Å². The van der Waals surface area contributed by atoms with Gasteiger partial charge in [0.25, 0.3) is 0 Å². The summed E-state index contributed by atoms with van der Waals surface area (Å²) < 4.78 is 2.17. The van der Waals surface area contributed by atoms with E-state index in [9.17, 15) is 4.79 Å². The Morgan fingerprint density at radius 1 is 1.22 bits per heavy atom. The molecule has 4 rings (SSSR count). The molecular formula is C17H21N5O. The van der Waals surface area contributed by atoms with Crippen molar-refractivity contribution in [2.24, 2.45) is 0 Å². The van der Waals surface area contributed by atoms with Crippen LogP contribution in [0.3, 0.4) is 0 Å². The maximum atomic E-state index is 12.7. The van der Waals surface area contributed by atoms with Crippen molar-refractivity contribution in [3.05, 3.63) is 47.5 Å². The number of carbonyl (C=O) groups excluding carboxylic acids is 1. The minimum atomic E-state index is 0.0396. The molecule has 3 heterocycles. The molecule has 2 amide bonds. The number of carbonyl (C=O) groups is 1. The normalized spacial score (nSPS) is 22.6. The van der Waals surface area contributed by atoms with Crippen LogP contribution in [0.25, 0.3) is 0 Å². The van der Waals surface area contributed by atoms with Crippen molar-refractivity contribution in [2.45, 2.75) is 51.4 Å². The SMILES string of the molecule is Cc1nnc2n1CC1CCC(C2)N1C(=O)NCc1ccccc1. The number of hydrogen-bond donors (Lipinski definition) is 1. The number of fused-ring (bicyclic) bond motifs is 3. The van der Waals surface area contributed by atoms with Gasteiger partial charge in [-0.2, -0.15) is 0 Å². The molecule has 0 saturated carbocycles. The fraction of sp³-hybridized carbons (Fsp3) is 0.471. The average molecular weight is 311 g/mol. The third kappa shape index (κ3) is 2.58. The van der Waals surface area contributed by atoms with Gasteiger partial charge in [-0.1, -0.05) is 30.3 Å². The monoisotopic (exact) mass is 311 g/mol. The quantitative estimate of drug-likeness (QED) is 0.921. The number of benzene rings is 1. The van der Waals surface area contributed by atoms with Crippen molar-refractivity contribution in [2.75, 3.05) is 0 Å². The molecule has 2 aliphatic heterocycles. The summed E-state index contributed by atoms with van der Waals surface area (Å²) in [7, 11) is 0. The second-order valence-electron chi connectivity index (χ2n) is 6.41. The average Bonchev–Trinajstić information content (AvgIpc) is 3.05. The molecule has 0 aliphatic carbocycles. The Hall–Kier alpha value is -2.37. The number of aromatic nitrogens is 3. The molecule has 1 aromatic heterocycles. The molecule has 6 heteroatoms. The summed E-state index contributed by atoms with van der Waals surface area (Å²) in [6.07, 6.45) is 2.91. The molecule has 1 fully saturated rings. The van der Waals surface area contributed by atoms with Gasteiger partial charge in [-0.3, -0.25) is 0 Å². The van der Waals surface area contributed by atoms with E-state index >= 15 is 0 Å². The summed E-state index contributed by atoms with van der Waals surface area (Å²) in [4.78, 5) is 14.8. The number of nitrogens with zero attached hydrogens (tertiary/aromatic N) is 4. The van der Waals surface area contributed by atoms with Gasteiger partial charge in [0.15, 0.2) is 0 Å². The largest absolute Gasteiger partial charge is 0.334 e. The van der Waals surface area contributed by atoms with Gasteiger partial charge in [-0.25, -0.2) is 4.79 Å². The smallest absolute Gasteiger partial charge is 0.318 e. The summed E-state index contributed by atoms with van der Waals surface area (Å²) in [6, 6.07) is 10.5. The van der Waals surface area contributed by atoms with Crippen LogP contribution in [0, 0.1) is 6.92 Å². The number of hydrogen-bond acceptors (Lipinski definition) is 3. The predicted octanol–water partition coefficient (Wildman–Crippen LogP) is 1.89. The molecule has 2 aliphatic rings. The molecule has 1 aromatic carbocycles. The Kier molecular flexibility index (Phi) is 3.52. The third-order valence-corrected chi connectivity index (χ3v) is 4.96. The highest BCUT2D eigenvalue weighted by atomic mass is 16.2. The fourth-order valence-corrected chi connectivity index (χ4v) is 3.77. The minimum Gasteiger partial charge on any atom is -0.334 e. The molecule has 1 N–H and O–H groups in total. The zero-order valence-corrected chi connectivity index (χ0v) is 13.3. The zero-order valence-electron chi connectivity index (χ0n) is 13.3. The summed E-state index contributed by atoms with van der Waals surface area (Å²) in [5, 5.41) is 11.5. The first-order chi connectivity index (χ1) is 11.2. The van der Waals surface area contributed by atoms with Crippen molar-refractivity contribution in [1.29, 1.82) is 0 Å². The number of nitrogens with one attached hydrogen (secondary N) is 1. The van der Waals surface area contributed by atoms with Crippen molar-refractivity contribution in [3.63, 3.8) is 0 Å². The van der Waals surface area contributed by atoms with Gasteiger partial charge >= 0.3 is 6.03 Å². The van der Waals surface area contributed by atoms with Gasteiger partial charge in [0.1, 0.15) is 11.6 Å². The van der Waals surface area contributed by atoms with Crippen LogP contribution >= 0.6 is 0 Å². The van der Waals surface area contributed by atoms with Crippen LogP contribution in [0.2, 0.25) is 0 Å². The first-order valence-corrected chi connectivity index (χ1v) is 8.21. The van der Waals surface area contributed by atoms with E-state index in [1.54, 1.807) is 0 Å². The molecule has 2 unspecified atom stereocenters. The lowest BCUT2D eigenvalue weighted by Gasteiger charge is -2.28. The van der Waals surface area contributed by atoms with Crippen LogP contribution < -0.4 is 5.32 Å². The summed E-state index contributed by atoms with van der Waals surface area (Å²) in [5.74, 6) is 1.95. The van der Waals surface area contributed by atoms with Gasteiger partial charge in [0.05, 0.1) is 6.04 Å². The van der Waals surface area contributed by atoms with Gasteiger partial charge in [-0.05, 0) is 25.3 Å². The van der Waals surface area contributed by atoms with Crippen LogP contribution in [-0.4, -0.2) is 37.8 Å². The maximum Gasteiger partial charge on any atom is 0.318 e. The number of urea groups is 1. The standard InChI is InChI=1S/C17H21N5O/c1-12-19-20-16-9-14-7-8-15(11-21(12)16)22(14)17(23)18-10-13-5-3-2-4-6-13/h2-6,14-15H,7-11H2,1H3,(H,18,23). The molecule has 23 heavy (non-hydrogen) atoms. The van der Waals surface area contributed by atoms with Crippen LogP contribution in [0.5, 0.6) is 0 Å². The molecule has 2 bridgehead atoms. The number of amides is 2. The Bertz CT molecular complexity index is 711. The fourth-order valence-electron chi connectivity index (χ4n) is 3.77. The van der Waals surface area contributed by atoms with Crippen LogP contribution in [-0.2, 0) is 19.5 Å². The van der Waals surface area contributed by atoms with Crippen molar-refractivity contribution >= 4 is 6.03 Å². The van der Waals surface area contributed by atoms with Gasteiger partial charge in [0, 0.05) is 25.6 Å². The molecule has 120 valence electrons. The highest BCUT2D eigenvalue weighted by molar-refractivity contribution is 5.75. The first kappa shape index (κ1) is 14.2. The Balaban J connectivity index is 1.48. The lowest BCUT2D eigenvalue weighted by molar-refractivity contribution is 0.170. The second kappa shape index (κ2) is 5.68. The molecule has 6 nitrogen and oxygen atoms in total. The highest BCUT2D eigenvalue weighted by Gasteiger charge is 2.40. The lowest BCUT2D eigenvalue weighted by Crippen LogP contribution is -2.47. The Morgan fingerprint density at radius 3 is 2.83 bits per heavy atom. The van der Waals surface area contributed by atoms with Crippen molar-refractivity contribution in [3.8, 4) is 0 Å². The first-order valence-electron chi connectivity index (χ1n) is 8.21. The Morgan fingerprint density at radius 2 is 2.00 bits per heavy atom. The Labute approximate surface area is 135 Å². The van der Waals surface area contributed by atoms with Crippen LogP contribution in [0.15, 0.2) is 30.3 Å². The van der Waals surface area contributed by atoms with Crippen molar-refractivity contribution in [1.82, 2.24) is 25.0 Å². The summed E-state index contributed by atoms with van der Waals surface area (Å²) in [6.45, 7) is 3.36. The molecule has 0 spiro atoms. The van der Waals surface area contributed by atoms with E-state index in [1.807, 2.05) is 42.2 Å². The molecule has 0 radical (unpaired) electrons. The minimum absolute atomic E-state index is 0.0396. The lowest BCUT2D eigenvalue weighted by atomic mass is 10.1. The number of rotatable bonds is 2. The van der Waals surface area contributed by atoms with Gasteiger partial charge < -0.3 is 14.8 Å². The third-order valence-electron chi connectivity index (χ3n) is 4.96. The van der Waals surface area contributed by atoms with E-state index in [-0.39, 0.29) is 18.1 Å². The topological polar surface area (TPSA) is 63.1 Å². The molecule has 1 saturated heterocycles.